The Bertz CT molecular complexity index is 1330. The fourth-order valence-electron chi connectivity index (χ4n) is 4.00. The molecule has 1 amide bonds. The van der Waals surface area contributed by atoms with E-state index in [-0.39, 0.29) is 18.0 Å². The number of hydrogen-bond donors (Lipinski definition) is 0. The molecule has 1 aliphatic rings. The highest BCUT2D eigenvalue weighted by molar-refractivity contribution is 5.96. The molecule has 0 unspecified atom stereocenters. The third kappa shape index (κ3) is 3.22. The minimum atomic E-state index is -1.50. The number of pyridine rings is 2. The van der Waals surface area contributed by atoms with E-state index in [1.807, 2.05) is 6.07 Å². The van der Waals surface area contributed by atoms with Crippen LogP contribution in [0.4, 0.5) is 13.2 Å². The van der Waals surface area contributed by atoms with E-state index >= 15 is 0 Å². The number of carbonyl (C=O) groups excluding carboxylic acids is 1. The van der Waals surface area contributed by atoms with Gasteiger partial charge in [-0.3, -0.25) is 19.4 Å². The first-order valence-electron chi connectivity index (χ1n) is 9.62. The van der Waals surface area contributed by atoms with Gasteiger partial charge in [0.1, 0.15) is 0 Å². The second-order valence-corrected chi connectivity index (χ2v) is 7.39. The lowest BCUT2D eigenvalue weighted by molar-refractivity contribution is 0.0732. The molecule has 0 bridgehead atoms. The van der Waals surface area contributed by atoms with Gasteiger partial charge in [-0.05, 0) is 36.8 Å². The Kier molecular flexibility index (Phi) is 4.46. The molecule has 0 spiro atoms. The van der Waals surface area contributed by atoms with Crippen molar-refractivity contribution in [3.8, 4) is 11.3 Å². The molecule has 4 heterocycles. The average Bonchev–Trinajstić information content (AvgIpc) is 3.11. The van der Waals surface area contributed by atoms with E-state index < -0.39 is 17.5 Å². The highest BCUT2D eigenvalue weighted by Gasteiger charge is 2.28. The molecule has 6 nitrogen and oxygen atoms in total. The normalized spacial score (nSPS) is 13.5. The number of hydrogen-bond acceptors (Lipinski definition) is 4. The molecule has 1 aliphatic heterocycles. The number of rotatable bonds is 2. The summed E-state index contributed by atoms with van der Waals surface area (Å²) in [5, 5.41) is 4.44. The number of halogens is 3. The van der Waals surface area contributed by atoms with Crippen molar-refractivity contribution in [2.75, 3.05) is 6.54 Å². The summed E-state index contributed by atoms with van der Waals surface area (Å²) in [6.07, 6.45) is 3.61. The number of carbonyl (C=O) groups is 1. The van der Waals surface area contributed by atoms with Crippen LogP contribution in [0.15, 0.2) is 42.7 Å². The molecule has 0 N–H and O–H groups in total. The predicted molar refractivity (Wildman–Crippen MR) is 107 cm³/mol. The lowest BCUT2D eigenvalue weighted by Crippen LogP contribution is -2.36. The zero-order chi connectivity index (χ0) is 21.7. The third-order valence-electron chi connectivity index (χ3n) is 5.44. The number of nitrogens with zero attached hydrogens (tertiary/aromatic N) is 5. The highest BCUT2D eigenvalue weighted by atomic mass is 19.2. The predicted octanol–water partition coefficient (Wildman–Crippen LogP) is 3.65. The second-order valence-electron chi connectivity index (χ2n) is 7.39. The first-order valence-corrected chi connectivity index (χ1v) is 9.62. The Morgan fingerprint density at radius 1 is 1.06 bits per heavy atom. The molecule has 0 atom stereocenters. The molecule has 0 fully saturated rings. The van der Waals surface area contributed by atoms with E-state index in [4.69, 9.17) is 0 Å². The van der Waals surface area contributed by atoms with Gasteiger partial charge in [0.05, 0.1) is 34.5 Å². The Hall–Kier alpha value is -3.75. The first-order chi connectivity index (χ1) is 14.9. The molecule has 9 heteroatoms. The van der Waals surface area contributed by atoms with Crippen LogP contribution >= 0.6 is 0 Å². The first kappa shape index (κ1) is 19.2. The minimum absolute atomic E-state index is 0.197. The quantitative estimate of drug-likeness (QED) is 0.462. The molecule has 0 radical (unpaired) electrons. The van der Waals surface area contributed by atoms with E-state index in [0.717, 1.165) is 17.7 Å². The summed E-state index contributed by atoms with van der Waals surface area (Å²) >= 11 is 0. The maximum Gasteiger partial charge on any atom is 0.255 e. The second kappa shape index (κ2) is 7.19. The SMILES string of the molecule is Cn1nc2c(c1-c1cc(F)c(F)c(F)c1)CCN(C(=O)c1cnc3cccnc3c1)C2. The lowest BCUT2D eigenvalue weighted by atomic mass is 9.99. The van der Waals surface area contributed by atoms with Crippen LogP contribution in [0.3, 0.4) is 0 Å². The summed E-state index contributed by atoms with van der Waals surface area (Å²) in [5.41, 5.74) is 3.89. The van der Waals surface area contributed by atoms with Crippen LogP contribution in [0.25, 0.3) is 22.3 Å². The number of amides is 1. The average molecular weight is 423 g/mol. The Balaban J connectivity index is 1.46. The van der Waals surface area contributed by atoms with E-state index in [0.29, 0.717) is 41.0 Å². The van der Waals surface area contributed by atoms with Crippen LogP contribution in [-0.4, -0.2) is 37.1 Å². The molecule has 31 heavy (non-hydrogen) atoms. The van der Waals surface area contributed by atoms with E-state index in [9.17, 15) is 18.0 Å². The van der Waals surface area contributed by atoms with Crippen LogP contribution in [0, 0.1) is 17.5 Å². The van der Waals surface area contributed by atoms with Crippen molar-refractivity contribution in [2.24, 2.45) is 7.05 Å². The summed E-state index contributed by atoms with van der Waals surface area (Å²) < 4.78 is 42.4. The van der Waals surface area contributed by atoms with Crippen LogP contribution in [-0.2, 0) is 20.0 Å². The van der Waals surface area contributed by atoms with Gasteiger partial charge in [0, 0.05) is 37.1 Å². The van der Waals surface area contributed by atoms with Gasteiger partial charge in [-0.25, -0.2) is 13.2 Å². The Morgan fingerprint density at radius 2 is 1.84 bits per heavy atom. The van der Waals surface area contributed by atoms with Gasteiger partial charge in [-0.15, -0.1) is 0 Å². The van der Waals surface area contributed by atoms with Gasteiger partial charge in [0.15, 0.2) is 17.5 Å². The summed E-state index contributed by atoms with van der Waals surface area (Å²) in [4.78, 5) is 23.2. The van der Waals surface area contributed by atoms with Crippen LogP contribution in [0.5, 0.6) is 0 Å². The van der Waals surface area contributed by atoms with E-state index in [2.05, 4.69) is 15.1 Å². The van der Waals surface area contributed by atoms with Gasteiger partial charge in [0.2, 0.25) is 0 Å². The number of fused-ring (bicyclic) bond motifs is 2. The molecule has 0 saturated heterocycles. The van der Waals surface area contributed by atoms with Crippen LogP contribution in [0.2, 0.25) is 0 Å². The Labute approximate surface area is 175 Å². The third-order valence-corrected chi connectivity index (χ3v) is 5.44. The van der Waals surface area contributed by atoms with Gasteiger partial charge >= 0.3 is 0 Å². The van der Waals surface area contributed by atoms with Crippen molar-refractivity contribution in [3.63, 3.8) is 0 Å². The summed E-state index contributed by atoms with van der Waals surface area (Å²) in [6, 6.07) is 7.22. The van der Waals surface area contributed by atoms with Gasteiger partial charge < -0.3 is 4.90 Å². The highest BCUT2D eigenvalue weighted by Crippen LogP contribution is 2.32. The van der Waals surface area contributed by atoms with Crippen molar-refractivity contribution < 1.29 is 18.0 Å². The van der Waals surface area contributed by atoms with Crippen molar-refractivity contribution in [1.29, 1.82) is 0 Å². The van der Waals surface area contributed by atoms with Gasteiger partial charge in [-0.1, -0.05) is 0 Å². The molecule has 1 aromatic carbocycles. The fourth-order valence-corrected chi connectivity index (χ4v) is 4.00. The molecule has 4 aromatic rings. The molecular formula is C22H16F3N5O. The largest absolute Gasteiger partial charge is 0.332 e. The minimum Gasteiger partial charge on any atom is -0.332 e. The summed E-state index contributed by atoms with van der Waals surface area (Å²) in [6.45, 7) is 0.644. The van der Waals surface area contributed by atoms with Crippen molar-refractivity contribution in [2.45, 2.75) is 13.0 Å². The van der Waals surface area contributed by atoms with Crippen molar-refractivity contribution >= 4 is 16.9 Å². The summed E-state index contributed by atoms with van der Waals surface area (Å²) in [5.74, 6) is -4.21. The zero-order valence-electron chi connectivity index (χ0n) is 16.4. The van der Waals surface area contributed by atoms with Crippen LogP contribution < -0.4 is 0 Å². The molecule has 0 aliphatic carbocycles. The maximum absolute atomic E-state index is 13.8. The number of aryl methyl sites for hydroxylation is 1. The molecule has 156 valence electrons. The molecule has 0 saturated carbocycles. The number of benzene rings is 1. The maximum atomic E-state index is 13.8. The van der Waals surface area contributed by atoms with Crippen LogP contribution in [0.1, 0.15) is 21.6 Å². The van der Waals surface area contributed by atoms with Crippen molar-refractivity contribution in [3.05, 3.63) is 77.0 Å². The topological polar surface area (TPSA) is 63.9 Å². The summed E-state index contributed by atoms with van der Waals surface area (Å²) in [7, 11) is 1.65. The molecule has 3 aromatic heterocycles. The van der Waals surface area contributed by atoms with Gasteiger partial charge in [-0.2, -0.15) is 5.10 Å². The molecular weight excluding hydrogens is 407 g/mol. The fraction of sp³-hybridized carbons (Fsp3) is 0.182. The smallest absolute Gasteiger partial charge is 0.255 e. The monoisotopic (exact) mass is 423 g/mol. The lowest BCUT2D eigenvalue weighted by Gasteiger charge is -2.26. The Morgan fingerprint density at radius 3 is 2.61 bits per heavy atom. The van der Waals surface area contributed by atoms with E-state index in [1.54, 1.807) is 30.3 Å². The molecule has 5 rings (SSSR count). The van der Waals surface area contributed by atoms with Crippen molar-refractivity contribution in [1.82, 2.24) is 24.6 Å². The zero-order valence-corrected chi connectivity index (χ0v) is 16.4. The van der Waals surface area contributed by atoms with E-state index in [1.165, 1.54) is 10.9 Å². The van der Waals surface area contributed by atoms with Gasteiger partial charge in [0.25, 0.3) is 5.91 Å². The number of aromatic nitrogens is 4. The standard InChI is InChI=1S/C22H16F3N5O/c1-29-21(12-7-15(23)20(25)16(24)8-12)14-4-6-30(11-19(14)28-29)22(31)13-9-18-17(27-10-13)3-2-5-26-18/h2-3,5,7-10H,4,6,11H2,1H3.